The monoisotopic (exact) mass is 454 g/mol. The Morgan fingerprint density at radius 2 is 1.85 bits per heavy atom. The third kappa shape index (κ3) is 4.19. The van der Waals surface area contributed by atoms with E-state index in [-0.39, 0.29) is 6.04 Å². The van der Waals surface area contributed by atoms with E-state index in [1.165, 1.54) is 22.1 Å². The van der Waals surface area contributed by atoms with Gasteiger partial charge in [-0.3, -0.25) is 4.90 Å². The lowest BCUT2D eigenvalue weighted by Gasteiger charge is -2.40. The lowest BCUT2D eigenvalue weighted by Crippen LogP contribution is -2.36. The molecule has 0 unspecified atom stereocenters. The number of ether oxygens (including phenoxy) is 1. The molecule has 4 aromatic rings. The smallest absolute Gasteiger partial charge is 0.335 e. The fourth-order valence-electron chi connectivity index (χ4n) is 5.41. The number of aromatic amines is 1. The molecule has 1 aliphatic heterocycles. The number of fused-ring (bicyclic) bond motifs is 1. The van der Waals surface area contributed by atoms with Gasteiger partial charge in [0.25, 0.3) is 0 Å². The minimum atomic E-state index is -0.895. The van der Waals surface area contributed by atoms with Crippen LogP contribution in [0.25, 0.3) is 10.9 Å². The summed E-state index contributed by atoms with van der Waals surface area (Å²) in [6, 6.07) is 22.5. The normalized spacial score (nSPS) is 18.8. The van der Waals surface area contributed by atoms with Crippen LogP contribution in [0.1, 0.15) is 57.4 Å². The van der Waals surface area contributed by atoms with Crippen molar-refractivity contribution in [1.82, 2.24) is 9.88 Å². The van der Waals surface area contributed by atoms with Gasteiger partial charge in [0, 0.05) is 35.2 Å². The van der Waals surface area contributed by atoms with Crippen LogP contribution in [0, 0.1) is 6.92 Å². The van der Waals surface area contributed by atoms with Gasteiger partial charge in [0.1, 0.15) is 5.75 Å². The molecule has 0 spiro atoms. The van der Waals surface area contributed by atoms with Crippen LogP contribution in [0.5, 0.6) is 5.75 Å². The molecular formula is C29H30N2O3. The van der Waals surface area contributed by atoms with Crippen molar-refractivity contribution < 1.29 is 14.6 Å². The maximum Gasteiger partial charge on any atom is 0.335 e. The third-order valence-corrected chi connectivity index (χ3v) is 7.22. The number of likely N-dealkylation sites (tertiary alicyclic amines) is 1. The molecule has 0 aliphatic carbocycles. The molecule has 3 aromatic carbocycles. The molecule has 0 radical (unpaired) electrons. The number of aromatic nitrogens is 1. The standard InChI is InChI=1S/C29H30N2O3/c1-19-16-27(34-2)25(24-12-14-30-28(19)24)18-31-15-13-23(20-6-4-3-5-7-20)17-26(31)21-8-10-22(11-9-21)29(32)33/h3-12,14,16,23,26,30H,13,15,17-18H2,1-2H3,(H,32,33)/t23-,26+/m0/s1. The number of nitrogens with zero attached hydrogens (tertiary/aromatic N) is 1. The fourth-order valence-corrected chi connectivity index (χ4v) is 5.41. The van der Waals surface area contributed by atoms with Gasteiger partial charge in [0.15, 0.2) is 0 Å². The first-order chi connectivity index (χ1) is 16.5. The summed E-state index contributed by atoms with van der Waals surface area (Å²) in [7, 11) is 1.74. The Kier molecular flexibility index (Phi) is 6.12. The van der Waals surface area contributed by atoms with Crippen molar-refractivity contribution in [3.05, 3.63) is 101 Å². The van der Waals surface area contributed by atoms with Gasteiger partial charge in [-0.2, -0.15) is 0 Å². The van der Waals surface area contributed by atoms with E-state index in [0.717, 1.165) is 42.8 Å². The maximum absolute atomic E-state index is 11.4. The average Bonchev–Trinajstić information content (AvgIpc) is 3.37. The Morgan fingerprint density at radius 3 is 2.56 bits per heavy atom. The van der Waals surface area contributed by atoms with E-state index in [1.54, 1.807) is 19.2 Å². The van der Waals surface area contributed by atoms with Crippen molar-refractivity contribution in [2.45, 2.75) is 38.3 Å². The lowest BCUT2D eigenvalue weighted by molar-refractivity contribution is 0.0696. The topological polar surface area (TPSA) is 65.6 Å². The van der Waals surface area contributed by atoms with Gasteiger partial charge >= 0.3 is 5.97 Å². The van der Waals surface area contributed by atoms with Gasteiger partial charge in [0.2, 0.25) is 0 Å². The first-order valence-corrected chi connectivity index (χ1v) is 11.8. The van der Waals surface area contributed by atoms with E-state index in [1.807, 2.05) is 18.3 Å². The summed E-state index contributed by atoms with van der Waals surface area (Å²) in [4.78, 5) is 17.3. The molecule has 2 atom stereocenters. The fraction of sp³-hybridized carbons (Fsp3) is 0.276. The van der Waals surface area contributed by atoms with Crippen molar-refractivity contribution in [3.8, 4) is 5.75 Å². The number of carboxylic acid groups (broad SMARTS) is 1. The highest BCUT2D eigenvalue weighted by atomic mass is 16.5. The molecule has 1 fully saturated rings. The van der Waals surface area contributed by atoms with Gasteiger partial charge in [0.05, 0.1) is 12.7 Å². The van der Waals surface area contributed by atoms with Crippen LogP contribution in [0.15, 0.2) is 72.9 Å². The van der Waals surface area contributed by atoms with Crippen molar-refractivity contribution >= 4 is 16.9 Å². The first kappa shape index (κ1) is 22.2. The number of methoxy groups -OCH3 is 1. The van der Waals surface area contributed by atoms with Crippen molar-refractivity contribution in [1.29, 1.82) is 0 Å². The minimum Gasteiger partial charge on any atom is -0.496 e. The predicted octanol–water partition coefficient (Wildman–Crippen LogP) is 6.30. The molecule has 5 rings (SSSR count). The second-order valence-electron chi connectivity index (χ2n) is 9.19. The Labute approximate surface area is 200 Å². The number of aromatic carboxylic acids is 1. The number of carbonyl (C=O) groups is 1. The third-order valence-electron chi connectivity index (χ3n) is 7.22. The molecule has 1 aromatic heterocycles. The van der Waals surface area contributed by atoms with Gasteiger partial charge < -0.3 is 14.8 Å². The molecule has 174 valence electrons. The van der Waals surface area contributed by atoms with E-state index < -0.39 is 5.97 Å². The highest BCUT2D eigenvalue weighted by Gasteiger charge is 2.31. The van der Waals surface area contributed by atoms with Crippen LogP contribution in [-0.4, -0.2) is 34.6 Å². The summed E-state index contributed by atoms with van der Waals surface area (Å²) in [6.45, 7) is 3.82. The number of carboxylic acids is 1. The molecule has 1 aliphatic rings. The van der Waals surface area contributed by atoms with Gasteiger partial charge in [-0.25, -0.2) is 4.79 Å². The second kappa shape index (κ2) is 9.35. The van der Waals surface area contributed by atoms with E-state index in [2.05, 4.69) is 59.3 Å². The summed E-state index contributed by atoms with van der Waals surface area (Å²) < 4.78 is 5.81. The Bertz CT molecular complexity index is 1290. The van der Waals surface area contributed by atoms with Gasteiger partial charge in [-0.15, -0.1) is 0 Å². The summed E-state index contributed by atoms with van der Waals surface area (Å²) in [5.74, 6) is 0.483. The highest BCUT2D eigenvalue weighted by Crippen LogP contribution is 2.42. The van der Waals surface area contributed by atoms with Crippen LogP contribution < -0.4 is 4.74 Å². The van der Waals surface area contributed by atoms with E-state index in [0.29, 0.717) is 11.5 Å². The molecule has 0 saturated carbocycles. The Hall–Kier alpha value is -3.57. The van der Waals surface area contributed by atoms with Crippen LogP contribution in [0.2, 0.25) is 0 Å². The molecule has 34 heavy (non-hydrogen) atoms. The zero-order valence-corrected chi connectivity index (χ0v) is 19.6. The first-order valence-electron chi connectivity index (χ1n) is 11.8. The molecule has 0 bridgehead atoms. The number of piperidine rings is 1. The van der Waals surface area contributed by atoms with Crippen molar-refractivity contribution in [2.75, 3.05) is 13.7 Å². The SMILES string of the molecule is COc1cc(C)c2[nH]ccc2c1CN1CC[C@H](c2ccccc2)C[C@@H]1c1ccc(C(=O)O)cc1. The predicted molar refractivity (Wildman–Crippen MR) is 135 cm³/mol. The van der Waals surface area contributed by atoms with Gasteiger partial charge in [-0.1, -0.05) is 42.5 Å². The zero-order valence-electron chi connectivity index (χ0n) is 19.6. The zero-order chi connectivity index (χ0) is 23.7. The van der Waals surface area contributed by atoms with E-state index in [4.69, 9.17) is 4.74 Å². The number of rotatable bonds is 6. The molecule has 2 heterocycles. The van der Waals surface area contributed by atoms with Gasteiger partial charge in [-0.05, 0) is 73.2 Å². The largest absolute Gasteiger partial charge is 0.496 e. The van der Waals surface area contributed by atoms with Crippen LogP contribution in [0.4, 0.5) is 0 Å². The van der Waals surface area contributed by atoms with E-state index >= 15 is 0 Å². The summed E-state index contributed by atoms with van der Waals surface area (Å²) >= 11 is 0. The number of aryl methyl sites for hydroxylation is 1. The minimum absolute atomic E-state index is 0.182. The van der Waals surface area contributed by atoms with Crippen LogP contribution >= 0.6 is 0 Å². The van der Waals surface area contributed by atoms with Crippen LogP contribution in [-0.2, 0) is 6.54 Å². The molecule has 5 heteroatoms. The molecular weight excluding hydrogens is 424 g/mol. The lowest BCUT2D eigenvalue weighted by atomic mass is 9.82. The number of hydrogen-bond donors (Lipinski definition) is 2. The Morgan fingerprint density at radius 1 is 1.09 bits per heavy atom. The molecule has 1 saturated heterocycles. The molecule has 2 N–H and O–H groups in total. The number of benzene rings is 3. The summed E-state index contributed by atoms with van der Waals surface area (Å²) in [5.41, 5.74) is 6.36. The molecule has 0 amide bonds. The van der Waals surface area contributed by atoms with Crippen molar-refractivity contribution in [3.63, 3.8) is 0 Å². The molecule has 5 nitrogen and oxygen atoms in total. The van der Waals surface area contributed by atoms with E-state index in [9.17, 15) is 9.90 Å². The Balaban J connectivity index is 1.51. The highest BCUT2D eigenvalue weighted by molar-refractivity contribution is 5.88. The summed E-state index contributed by atoms with van der Waals surface area (Å²) in [5, 5.41) is 10.6. The van der Waals surface area contributed by atoms with Crippen LogP contribution in [0.3, 0.4) is 0 Å². The average molecular weight is 455 g/mol. The quantitative estimate of drug-likeness (QED) is 0.359. The second-order valence-corrected chi connectivity index (χ2v) is 9.19. The number of H-pyrrole nitrogens is 1. The number of nitrogens with one attached hydrogen (secondary N) is 1. The summed E-state index contributed by atoms with van der Waals surface area (Å²) in [6.07, 6.45) is 4.06. The maximum atomic E-state index is 11.4. The number of hydrogen-bond acceptors (Lipinski definition) is 3. The van der Waals surface area contributed by atoms with Crippen molar-refractivity contribution in [2.24, 2.45) is 0 Å².